The monoisotopic (exact) mass is 178 g/mol. The van der Waals surface area contributed by atoms with Crippen molar-refractivity contribution >= 4 is 5.91 Å². The normalized spacial score (nSPS) is 28.7. The number of amides is 1. The Morgan fingerprint density at radius 2 is 2.25 bits per heavy atom. The second-order valence-corrected chi connectivity index (χ2v) is 3.08. The molecule has 0 aliphatic carbocycles. The van der Waals surface area contributed by atoms with Crippen molar-refractivity contribution in [2.24, 2.45) is 5.73 Å². The third-order valence-electron chi connectivity index (χ3n) is 2.12. The highest BCUT2D eigenvalue weighted by molar-refractivity contribution is 5.73. The smallest absolute Gasteiger partial charge is 0.266 e. The summed E-state index contributed by atoms with van der Waals surface area (Å²) in [5.74, 6) is -3.01. The number of alkyl halides is 2. The lowest BCUT2D eigenvalue weighted by Crippen LogP contribution is -2.56. The van der Waals surface area contributed by atoms with Crippen molar-refractivity contribution in [3.05, 3.63) is 0 Å². The van der Waals surface area contributed by atoms with Crippen LogP contribution in [0, 0.1) is 0 Å². The van der Waals surface area contributed by atoms with Crippen molar-refractivity contribution in [1.82, 2.24) is 4.90 Å². The molecule has 12 heavy (non-hydrogen) atoms. The van der Waals surface area contributed by atoms with Gasteiger partial charge in [0.25, 0.3) is 5.92 Å². The van der Waals surface area contributed by atoms with Gasteiger partial charge in [-0.15, -0.1) is 0 Å². The average molecular weight is 178 g/mol. The van der Waals surface area contributed by atoms with E-state index in [1.807, 2.05) is 0 Å². The lowest BCUT2D eigenvalue weighted by Gasteiger charge is -2.35. The van der Waals surface area contributed by atoms with Crippen LogP contribution in [0.1, 0.15) is 13.3 Å². The van der Waals surface area contributed by atoms with E-state index in [2.05, 4.69) is 0 Å². The lowest BCUT2D eigenvalue weighted by molar-refractivity contribution is -0.136. The standard InChI is InChI=1S/C7H12F2N2O/c1-5(12)11-3-2-7(8,9)6(10)4-11/h6H,2-4,10H2,1H3. The first-order chi connectivity index (χ1) is 5.43. The van der Waals surface area contributed by atoms with Crippen LogP contribution in [-0.2, 0) is 4.79 Å². The highest BCUT2D eigenvalue weighted by Gasteiger charge is 2.42. The molecule has 1 aliphatic rings. The molecule has 5 heteroatoms. The number of rotatable bonds is 0. The fourth-order valence-electron chi connectivity index (χ4n) is 1.22. The summed E-state index contributed by atoms with van der Waals surface area (Å²) in [5.41, 5.74) is 5.20. The average Bonchev–Trinajstić information content (AvgIpc) is 1.94. The Hall–Kier alpha value is -0.710. The van der Waals surface area contributed by atoms with E-state index in [0.29, 0.717) is 0 Å². The maximum absolute atomic E-state index is 12.8. The molecule has 1 saturated heterocycles. The van der Waals surface area contributed by atoms with E-state index in [0.717, 1.165) is 0 Å². The van der Waals surface area contributed by atoms with E-state index in [-0.39, 0.29) is 25.4 Å². The zero-order valence-corrected chi connectivity index (χ0v) is 6.89. The molecule has 0 bridgehead atoms. The first kappa shape index (κ1) is 9.38. The lowest BCUT2D eigenvalue weighted by atomic mass is 10.0. The number of hydrogen-bond acceptors (Lipinski definition) is 2. The highest BCUT2D eigenvalue weighted by Crippen LogP contribution is 2.26. The molecule has 1 heterocycles. The highest BCUT2D eigenvalue weighted by atomic mass is 19.3. The molecule has 2 N–H and O–H groups in total. The van der Waals surface area contributed by atoms with Gasteiger partial charge in [-0.3, -0.25) is 4.79 Å². The summed E-state index contributed by atoms with van der Waals surface area (Å²) in [6.07, 6.45) is -0.326. The summed E-state index contributed by atoms with van der Waals surface area (Å²) in [6, 6.07) is -1.21. The number of nitrogens with two attached hydrogens (primary N) is 1. The van der Waals surface area contributed by atoms with Crippen LogP contribution in [0.25, 0.3) is 0 Å². The Morgan fingerprint density at radius 3 is 2.67 bits per heavy atom. The van der Waals surface area contributed by atoms with Crippen LogP contribution in [0.2, 0.25) is 0 Å². The second kappa shape index (κ2) is 2.97. The summed E-state index contributed by atoms with van der Waals surface area (Å²) in [6.45, 7) is 1.43. The minimum atomic E-state index is -2.81. The minimum absolute atomic E-state index is 0.0394. The van der Waals surface area contributed by atoms with Gasteiger partial charge in [-0.05, 0) is 0 Å². The Balaban J connectivity index is 2.58. The molecule has 1 amide bonds. The van der Waals surface area contributed by atoms with E-state index in [9.17, 15) is 13.6 Å². The van der Waals surface area contributed by atoms with Crippen LogP contribution < -0.4 is 5.73 Å². The second-order valence-electron chi connectivity index (χ2n) is 3.08. The van der Waals surface area contributed by atoms with E-state index in [1.54, 1.807) is 0 Å². The summed E-state index contributed by atoms with van der Waals surface area (Å²) >= 11 is 0. The van der Waals surface area contributed by atoms with Gasteiger partial charge in [0, 0.05) is 26.4 Å². The van der Waals surface area contributed by atoms with Gasteiger partial charge in [-0.2, -0.15) is 0 Å². The molecule has 0 aromatic heterocycles. The SMILES string of the molecule is CC(=O)N1CCC(F)(F)C(N)C1. The fraction of sp³-hybridized carbons (Fsp3) is 0.857. The number of carbonyl (C=O) groups is 1. The Bertz CT molecular complexity index is 196. The molecule has 0 aromatic rings. The molecule has 3 nitrogen and oxygen atoms in total. The predicted molar refractivity (Wildman–Crippen MR) is 39.8 cm³/mol. The first-order valence-electron chi connectivity index (χ1n) is 3.82. The van der Waals surface area contributed by atoms with Crippen LogP contribution in [0.15, 0.2) is 0 Å². The van der Waals surface area contributed by atoms with Crippen molar-refractivity contribution in [3.63, 3.8) is 0 Å². The molecule has 1 rings (SSSR count). The van der Waals surface area contributed by atoms with Crippen molar-refractivity contribution in [3.8, 4) is 0 Å². The summed E-state index contributed by atoms with van der Waals surface area (Å²) in [4.78, 5) is 12.1. The topological polar surface area (TPSA) is 46.3 Å². The van der Waals surface area contributed by atoms with Crippen LogP contribution in [-0.4, -0.2) is 35.9 Å². The van der Waals surface area contributed by atoms with Crippen molar-refractivity contribution in [2.75, 3.05) is 13.1 Å². The molecule has 0 saturated carbocycles. The summed E-state index contributed by atoms with van der Waals surface area (Å²) in [7, 11) is 0. The molecular formula is C7H12F2N2O. The van der Waals surface area contributed by atoms with Gasteiger partial charge in [0.05, 0.1) is 6.04 Å². The molecule has 70 valence electrons. The molecule has 1 fully saturated rings. The van der Waals surface area contributed by atoms with Crippen molar-refractivity contribution in [1.29, 1.82) is 0 Å². The van der Waals surface area contributed by atoms with Crippen LogP contribution in [0.3, 0.4) is 0 Å². The third kappa shape index (κ3) is 1.72. The molecule has 0 radical (unpaired) electrons. The molecule has 1 atom stereocenters. The van der Waals surface area contributed by atoms with Gasteiger partial charge in [0.1, 0.15) is 0 Å². The molecular weight excluding hydrogens is 166 g/mol. The molecule has 1 aliphatic heterocycles. The maximum Gasteiger partial charge on any atom is 0.266 e. The zero-order valence-electron chi connectivity index (χ0n) is 6.89. The number of nitrogens with zero attached hydrogens (tertiary/aromatic N) is 1. The summed E-state index contributed by atoms with van der Waals surface area (Å²) in [5, 5.41) is 0. The number of carbonyl (C=O) groups excluding carboxylic acids is 1. The Morgan fingerprint density at radius 1 is 1.67 bits per heavy atom. The Kier molecular flexibility index (Phi) is 2.32. The van der Waals surface area contributed by atoms with Crippen LogP contribution >= 0.6 is 0 Å². The van der Waals surface area contributed by atoms with E-state index < -0.39 is 12.0 Å². The van der Waals surface area contributed by atoms with Gasteiger partial charge in [-0.25, -0.2) is 8.78 Å². The number of piperidine rings is 1. The third-order valence-corrected chi connectivity index (χ3v) is 2.12. The fourth-order valence-corrected chi connectivity index (χ4v) is 1.22. The van der Waals surface area contributed by atoms with Crippen molar-refractivity contribution in [2.45, 2.75) is 25.3 Å². The van der Waals surface area contributed by atoms with Gasteiger partial charge < -0.3 is 10.6 Å². The van der Waals surface area contributed by atoms with Gasteiger partial charge in [0.15, 0.2) is 0 Å². The van der Waals surface area contributed by atoms with Crippen molar-refractivity contribution < 1.29 is 13.6 Å². The van der Waals surface area contributed by atoms with Crippen LogP contribution in [0.4, 0.5) is 8.78 Å². The first-order valence-corrected chi connectivity index (χ1v) is 3.82. The molecule has 0 aromatic carbocycles. The number of hydrogen-bond donors (Lipinski definition) is 1. The summed E-state index contributed by atoms with van der Waals surface area (Å²) < 4.78 is 25.5. The maximum atomic E-state index is 12.8. The zero-order chi connectivity index (χ0) is 9.35. The predicted octanol–water partition coefficient (Wildman–Crippen LogP) is 0.201. The quantitative estimate of drug-likeness (QED) is 0.576. The Labute approximate surface area is 69.5 Å². The van der Waals surface area contributed by atoms with Gasteiger partial charge in [0.2, 0.25) is 5.91 Å². The number of halogens is 2. The molecule has 0 spiro atoms. The molecule has 1 unspecified atom stereocenters. The number of likely N-dealkylation sites (tertiary alicyclic amines) is 1. The van der Waals surface area contributed by atoms with E-state index >= 15 is 0 Å². The van der Waals surface area contributed by atoms with Gasteiger partial charge >= 0.3 is 0 Å². The van der Waals surface area contributed by atoms with E-state index in [1.165, 1.54) is 11.8 Å². The van der Waals surface area contributed by atoms with E-state index in [4.69, 9.17) is 5.73 Å². The largest absolute Gasteiger partial charge is 0.341 e. The van der Waals surface area contributed by atoms with Gasteiger partial charge in [-0.1, -0.05) is 0 Å². The minimum Gasteiger partial charge on any atom is -0.341 e. The van der Waals surface area contributed by atoms with Crippen LogP contribution in [0.5, 0.6) is 0 Å².